The molecule has 2 heterocycles. The highest BCUT2D eigenvalue weighted by Crippen LogP contribution is 2.43. The second-order valence-corrected chi connectivity index (χ2v) is 8.72. The quantitative estimate of drug-likeness (QED) is 0.502. The van der Waals surface area contributed by atoms with Gasteiger partial charge in [0, 0.05) is 17.3 Å². The van der Waals surface area contributed by atoms with E-state index in [1.807, 2.05) is 30.3 Å². The maximum Gasteiger partial charge on any atom is 0.321 e. The van der Waals surface area contributed by atoms with Gasteiger partial charge in [-0.1, -0.05) is 42.1 Å². The first-order valence-electron chi connectivity index (χ1n) is 9.17. The van der Waals surface area contributed by atoms with Crippen molar-refractivity contribution in [3.05, 3.63) is 52.7 Å². The fourth-order valence-electron chi connectivity index (χ4n) is 3.40. The van der Waals surface area contributed by atoms with Crippen LogP contribution in [0.4, 0.5) is 4.79 Å². The Kier molecular flexibility index (Phi) is 5.59. The molecule has 0 saturated carbocycles. The predicted molar refractivity (Wildman–Crippen MR) is 112 cm³/mol. The molecule has 0 spiro atoms. The summed E-state index contributed by atoms with van der Waals surface area (Å²) >= 11 is 3.10. The molecule has 0 bridgehead atoms. The number of hydrogen-bond donors (Lipinski definition) is 2. The van der Waals surface area contributed by atoms with Crippen molar-refractivity contribution in [3.63, 3.8) is 0 Å². The Morgan fingerprint density at radius 3 is 2.71 bits per heavy atom. The van der Waals surface area contributed by atoms with Crippen molar-refractivity contribution in [2.45, 2.75) is 36.0 Å². The average molecular weight is 413 g/mol. The molecule has 0 saturated heterocycles. The van der Waals surface area contributed by atoms with Gasteiger partial charge >= 0.3 is 6.03 Å². The van der Waals surface area contributed by atoms with Gasteiger partial charge in [0.25, 0.3) is 0 Å². The molecule has 0 radical (unpaired) electrons. The van der Waals surface area contributed by atoms with Gasteiger partial charge in [0.05, 0.1) is 0 Å². The largest absolute Gasteiger partial charge is 0.341 e. The van der Waals surface area contributed by atoms with Gasteiger partial charge in [-0.2, -0.15) is 0 Å². The maximum absolute atomic E-state index is 12.8. The molecule has 2 N–H and O–H groups in total. The van der Waals surface area contributed by atoms with Crippen molar-refractivity contribution in [3.8, 4) is 0 Å². The smallest absolute Gasteiger partial charge is 0.321 e. The zero-order valence-electron chi connectivity index (χ0n) is 15.4. The summed E-state index contributed by atoms with van der Waals surface area (Å²) < 4.78 is 0. The van der Waals surface area contributed by atoms with E-state index in [1.54, 1.807) is 17.7 Å². The topological polar surface area (TPSA) is 84.0 Å². The van der Waals surface area contributed by atoms with E-state index >= 15 is 0 Å². The first-order valence-corrected chi connectivity index (χ1v) is 10.9. The fourth-order valence-corrected chi connectivity index (χ4v) is 5.82. The SMILES string of the molecule is CNC(=O)NC(=O)[C@H](Sc1ncnc2sc3c(c12)CCCC3)c1ccccc1. The molecule has 3 amide bonds. The van der Waals surface area contributed by atoms with Crippen molar-refractivity contribution in [1.82, 2.24) is 20.6 Å². The molecule has 2 aromatic heterocycles. The van der Waals surface area contributed by atoms with Crippen molar-refractivity contribution < 1.29 is 9.59 Å². The van der Waals surface area contributed by atoms with Gasteiger partial charge in [0.2, 0.25) is 5.91 Å². The van der Waals surface area contributed by atoms with Crippen LogP contribution in [0.3, 0.4) is 0 Å². The molecular formula is C20H20N4O2S2. The van der Waals surface area contributed by atoms with Crippen LogP contribution in [0, 0.1) is 0 Å². The molecule has 0 unspecified atom stereocenters. The number of thiophene rings is 1. The Bertz CT molecular complexity index is 1020. The van der Waals surface area contributed by atoms with Crippen molar-refractivity contribution in [2.24, 2.45) is 0 Å². The minimum atomic E-state index is -0.587. The van der Waals surface area contributed by atoms with Crippen LogP contribution in [0.5, 0.6) is 0 Å². The van der Waals surface area contributed by atoms with E-state index in [2.05, 4.69) is 20.6 Å². The van der Waals surface area contributed by atoms with E-state index in [9.17, 15) is 9.59 Å². The van der Waals surface area contributed by atoms with Crippen LogP contribution in [0.2, 0.25) is 0 Å². The Morgan fingerprint density at radius 1 is 1.14 bits per heavy atom. The van der Waals surface area contributed by atoms with Crippen LogP contribution < -0.4 is 10.6 Å². The molecule has 1 aliphatic carbocycles. The maximum atomic E-state index is 12.8. The third-order valence-electron chi connectivity index (χ3n) is 4.75. The zero-order chi connectivity index (χ0) is 19.5. The highest BCUT2D eigenvalue weighted by atomic mass is 32.2. The number of rotatable bonds is 4. The number of thioether (sulfide) groups is 1. The lowest BCUT2D eigenvalue weighted by molar-refractivity contribution is -0.119. The third kappa shape index (κ3) is 3.74. The van der Waals surface area contributed by atoms with Crippen LogP contribution in [0.15, 0.2) is 41.7 Å². The molecule has 3 aromatic rings. The molecule has 8 heteroatoms. The van der Waals surface area contributed by atoms with Crippen molar-refractivity contribution in [1.29, 1.82) is 0 Å². The number of hydrogen-bond acceptors (Lipinski definition) is 6. The first kappa shape index (κ1) is 18.9. The number of nitrogens with one attached hydrogen (secondary N) is 2. The van der Waals surface area contributed by atoms with Gasteiger partial charge in [0.15, 0.2) is 0 Å². The second-order valence-electron chi connectivity index (χ2n) is 6.55. The monoisotopic (exact) mass is 412 g/mol. The summed E-state index contributed by atoms with van der Waals surface area (Å²) in [6, 6.07) is 8.94. The van der Waals surface area contributed by atoms with Gasteiger partial charge in [-0.15, -0.1) is 11.3 Å². The number of carbonyl (C=O) groups excluding carboxylic acids is 2. The zero-order valence-corrected chi connectivity index (χ0v) is 17.0. The van der Waals surface area contributed by atoms with Crippen LogP contribution in [0.25, 0.3) is 10.2 Å². The Balaban J connectivity index is 1.74. The Morgan fingerprint density at radius 2 is 1.93 bits per heavy atom. The number of nitrogens with zero attached hydrogens (tertiary/aromatic N) is 2. The first-order chi connectivity index (χ1) is 13.7. The summed E-state index contributed by atoms with van der Waals surface area (Å²) in [6.07, 6.45) is 6.04. The fraction of sp³-hybridized carbons (Fsp3) is 0.300. The van der Waals surface area contributed by atoms with Gasteiger partial charge in [-0.3, -0.25) is 10.1 Å². The number of aromatic nitrogens is 2. The van der Waals surface area contributed by atoms with Crippen LogP contribution >= 0.6 is 23.1 Å². The number of amides is 3. The normalized spacial score (nSPS) is 14.3. The van der Waals surface area contributed by atoms with Crippen molar-refractivity contribution >= 4 is 45.3 Å². The minimum absolute atomic E-state index is 0.369. The number of carbonyl (C=O) groups is 2. The average Bonchev–Trinajstić information content (AvgIpc) is 3.11. The molecule has 1 atom stereocenters. The summed E-state index contributed by atoms with van der Waals surface area (Å²) in [7, 11) is 1.49. The minimum Gasteiger partial charge on any atom is -0.341 e. The Labute approximate surface area is 171 Å². The van der Waals surface area contributed by atoms with Crippen LogP contribution in [-0.2, 0) is 17.6 Å². The van der Waals surface area contributed by atoms with Crippen LogP contribution in [-0.4, -0.2) is 29.0 Å². The number of imide groups is 1. The number of aryl methyl sites for hydroxylation is 2. The summed E-state index contributed by atoms with van der Waals surface area (Å²) in [4.78, 5) is 35.9. The number of urea groups is 1. The lowest BCUT2D eigenvalue weighted by Crippen LogP contribution is -2.39. The molecule has 1 aliphatic rings. The Hall–Kier alpha value is -2.45. The summed E-state index contributed by atoms with van der Waals surface area (Å²) in [6.45, 7) is 0. The standard InChI is InChI=1S/C20H20N4O2S2/c1-21-20(26)24-17(25)16(12-7-3-2-4-8-12)28-19-15-13-9-5-6-10-14(13)27-18(15)22-11-23-19/h2-4,7-8,11,16H,5-6,9-10H2,1H3,(H2,21,24,25,26)/t16-/m1/s1. The van der Waals surface area contributed by atoms with E-state index in [0.29, 0.717) is 0 Å². The van der Waals surface area contributed by atoms with Gasteiger partial charge in [0.1, 0.15) is 21.4 Å². The predicted octanol–water partition coefficient (Wildman–Crippen LogP) is 3.86. The number of fused-ring (bicyclic) bond motifs is 3. The summed E-state index contributed by atoms with van der Waals surface area (Å²) in [5.41, 5.74) is 2.15. The van der Waals surface area contributed by atoms with E-state index < -0.39 is 11.3 Å². The lowest BCUT2D eigenvalue weighted by Gasteiger charge is -2.17. The summed E-state index contributed by atoms with van der Waals surface area (Å²) in [5.74, 6) is -0.369. The van der Waals surface area contributed by atoms with Crippen LogP contribution in [0.1, 0.15) is 34.1 Å². The van der Waals surface area contributed by atoms with Gasteiger partial charge in [-0.05, 0) is 36.8 Å². The van der Waals surface area contributed by atoms with Crippen molar-refractivity contribution in [2.75, 3.05) is 7.05 Å². The van der Waals surface area contributed by atoms with Gasteiger partial charge in [-0.25, -0.2) is 14.8 Å². The lowest BCUT2D eigenvalue weighted by atomic mass is 9.97. The summed E-state index contributed by atoms with van der Waals surface area (Å²) in [5, 5.41) is 6.11. The van der Waals surface area contributed by atoms with E-state index in [4.69, 9.17) is 0 Å². The molecule has 1 aromatic carbocycles. The second kappa shape index (κ2) is 8.28. The molecule has 4 rings (SSSR count). The third-order valence-corrected chi connectivity index (χ3v) is 7.20. The van der Waals surface area contributed by atoms with E-state index in [-0.39, 0.29) is 5.91 Å². The van der Waals surface area contributed by atoms with Gasteiger partial charge < -0.3 is 5.32 Å². The molecule has 6 nitrogen and oxygen atoms in total. The van der Waals surface area contributed by atoms with E-state index in [1.165, 1.54) is 35.7 Å². The molecule has 28 heavy (non-hydrogen) atoms. The van der Waals surface area contributed by atoms with E-state index in [0.717, 1.165) is 40.1 Å². The molecule has 0 fully saturated rings. The highest BCUT2D eigenvalue weighted by molar-refractivity contribution is 8.00. The number of benzene rings is 1. The molecule has 0 aliphatic heterocycles. The molecule has 144 valence electrons. The molecular weight excluding hydrogens is 392 g/mol. The highest BCUT2D eigenvalue weighted by Gasteiger charge is 2.27.